The van der Waals surface area contributed by atoms with E-state index in [1.54, 1.807) is 19.2 Å². The number of rotatable bonds is 7. The Bertz CT molecular complexity index is 889. The zero-order chi connectivity index (χ0) is 21.0. The molecule has 2 aromatic carbocycles. The van der Waals surface area contributed by atoms with Crippen LogP contribution in [0.25, 0.3) is 0 Å². The van der Waals surface area contributed by atoms with Crippen LogP contribution in [0.4, 0.5) is 5.69 Å². The molecular weight excluding hydrogens is 410 g/mol. The first-order valence-electron chi connectivity index (χ1n) is 9.21. The highest BCUT2D eigenvalue weighted by atomic mass is 35.5. The van der Waals surface area contributed by atoms with Crippen molar-refractivity contribution in [3.05, 3.63) is 53.1 Å². The molecule has 0 spiro atoms. The van der Waals surface area contributed by atoms with Crippen molar-refractivity contribution >= 4 is 40.9 Å². The van der Waals surface area contributed by atoms with E-state index in [-0.39, 0.29) is 24.3 Å². The van der Waals surface area contributed by atoms with Crippen LogP contribution in [-0.2, 0) is 9.59 Å². The molecule has 0 aliphatic carbocycles. The molecule has 0 bridgehead atoms. The van der Waals surface area contributed by atoms with Gasteiger partial charge in [-0.1, -0.05) is 23.7 Å². The molecule has 0 aromatic heterocycles. The maximum atomic E-state index is 12.5. The van der Waals surface area contributed by atoms with Gasteiger partial charge in [-0.05, 0) is 50.0 Å². The quantitative estimate of drug-likeness (QED) is 0.698. The molecule has 0 radical (unpaired) electrons. The minimum Gasteiger partial charge on any atom is -0.497 e. The zero-order valence-electron chi connectivity index (χ0n) is 16.6. The lowest BCUT2D eigenvalue weighted by Crippen LogP contribution is -2.38. The molecule has 0 saturated heterocycles. The minimum absolute atomic E-state index is 0.0144. The van der Waals surface area contributed by atoms with Crippen molar-refractivity contribution < 1.29 is 14.3 Å². The molecule has 6 nitrogen and oxygen atoms in total. The summed E-state index contributed by atoms with van der Waals surface area (Å²) in [7, 11) is 5.56. The third-order valence-electron chi connectivity index (χ3n) is 4.75. The highest BCUT2D eigenvalue weighted by Crippen LogP contribution is 2.38. The maximum Gasteiger partial charge on any atom is 0.238 e. The second-order valence-electron chi connectivity index (χ2n) is 7.00. The summed E-state index contributed by atoms with van der Waals surface area (Å²) in [6.45, 7) is 0.448. The van der Waals surface area contributed by atoms with E-state index in [1.807, 2.05) is 49.3 Å². The van der Waals surface area contributed by atoms with E-state index >= 15 is 0 Å². The van der Waals surface area contributed by atoms with Crippen molar-refractivity contribution in [3.8, 4) is 5.75 Å². The number of anilines is 1. The standard InChI is InChI=1S/C21H24ClN3O3S/c1-25(2)17(13-4-7-15(28-3)8-5-13)12-23-20(26)11-19-21(27)24-16-10-14(22)6-9-18(16)29-19/h4-10,17,19H,11-12H2,1-3H3,(H,23,26)(H,24,27)/t17-,19+/m0/s1. The van der Waals surface area contributed by atoms with Crippen LogP contribution in [0.2, 0.25) is 5.02 Å². The Morgan fingerprint density at radius 3 is 2.66 bits per heavy atom. The van der Waals surface area contributed by atoms with E-state index in [9.17, 15) is 9.59 Å². The fourth-order valence-corrected chi connectivity index (χ4v) is 4.40. The van der Waals surface area contributed by atoms with Gasteiger partial charge in [0.15, 0.2) is 0 Å². The topological polar surface area (TPSA) is 70.7 Å². The Balaban J connectivity index is 1.59. The number of nitrogens with one attached hydrogen (secondary N) is 2. The molecule has 2 amide bonds. The summed E-state index contributed by atoms with van der Waals surface area (Å²) in [6, 6.07) is 13.1. The number of halogens is 1. The van der Waals surface area contributed by atoms with E-state index in [2.05, 4.69) is 10.6 Å². The third-order valence-corrected chi connectivity index (χ3v) is 6.26. The fourth-order valence-electron chi connectivity index (χ4n) is 3.13. The van der Waals surface area contributed by atoms with Crippen LogP contribution < -0.4 is 15.4 Å². The number of hydrogen-bond donors (Lipinski definition) is 2. The summed E-state index contributed by atoms with van der Waals surface area (Å²) in [6.07, 6.45) is 0.112. The normalized spacial score (nSPS) is 16.7. The van der Waals surface area contributed by atoms with E-state index in [0.29, 0.717) is 17.3 Å². The van der Waals surface area contributed by atoms with Crippen LogP contribution in [0.1, 0.15) is 18.0 Å². The van der Waals surface area contributed by atoms with Gasteiger partial charge in [0.2, 0.25) is 11.8 Å². The molecule has 3 rings (SSSR count). The molecule has 1 heterocycles. The number of amides is 2. The summed E-state index contributed by atoms with van der Waals surface area (Å²) in [5.74, 6) is 0.451. The van der Waals surface area contributed by atoms with Crippen molar-refractivity contribution in [2.75, 3.05) is 33.1 Å². The van der Waals surface area contributed by atoms with Crippen molar-refractivity contribution in [2.24, 2.45) is 0 Å². The Morgan fingerprint density at radius 1 is 1.28 bits per heavy atom. The van der Waals surface area contributed by atoms with Crippen molar-refractivity contribution in [1.82, 2.24) is 10.2 Å². The molecule has 0 unspecified atom stereocenters. The lowest BCUT2D eigenvalue weighted by atomic mass is 10.1. The third kappa shape index (κ3) is 5.44. The highest BCUT2D eigenvalue weighted by molar-refractivity contribution is 8.01. The van der Waals surface area contributed by atoms with Gasteiger partial charge in [0.1, 0.15) is 5.75 Å². The number of fused-ring (bicyclic) bond motifs is 1. The average Bonchev–Trinajstić information content (AvgIpc) is 2.69. The van der Waals surface area contributed by atoms with Crippen LogP contribution in [0.3, 0.4) is 0 Å². The maximum absolute atomic E-state index is 12.5. The van der Waals surface area contributed by atoms with Gasteiger partial charge < -0.3 is 20.3 Å². The van der Waals surface area contributed by atoms with Crippen LogP contribution in [-0.4, -0.2) is 49.7 Å². The van der Waals surface area contributed by atoms with Gasteiger partial charge in [0.05, 0.1) is 24.1 Å². The van der Waals surface area contributed by atoms with Gasteiger partial charge in [-0.3, -0.25) is 9.59 Å². The predicted octanol–water partition coefficient (Wildman–Crippen LogP) is 3.57. The predicted molar refractivity (Wildman–Crippen MR) is 117 cm³/mol. The molecule has 8 heteroatoms. The second kappa shape index (κ2) is 9.52. The zero-order valence-corrected chi connectivity index (χ0v) is 18.1. The molecular formula is C21H24ClN3O3S. The molecule has 154 valence electrons. The van der Waals surface area contributed by atoms with E-state index in [0.717, 1.165) is 16.2 Å². The molecule has 2 N–H and O–H groups in total. The fraction of sp³-hybridized carbons (Fsp3) is 0.333. The summed E-state index contributed by atoms with van der Waals surface area (Å²) in [5.41, 5.74) is 1.77. The average molecular weight is 434 g/mol. The van der Waals surface area contributed by atoms with Crippen LogP contribution in [0, 0.1) is 0 Å². The first-order chi connectivity index (χ1) is 13.9. The second-order valence-corrected chi connectivity index (χ2v) is 8.68. The summed E-state index contributed by atoms with van der Waals surface area (Å²) >= 11 is 7.36. The lowest BCUT2D eigenvalue weighted by molar-refractivity contribution is -0.124. The van der Waals surface area contributed by atoms with Crippen molar-refractivity contribution in [1.29, 1.82) is 0 Å². The SMILES string of the molecule is COc1ccc([C@H](CNC(=O)C[C@H]2Sc3ccc(Cl)cc3NC2=O)N(C)C)cc1. The van der Waals surface area contributed by atoms with Crippen molar-refractivity contribution in [2.45, 2.75) is 22.6 Å². The molecule has 0 fully saturated rings. The highest BCUT2D eigenvalue weighted by Gasteiger charge is 2.29. The van der Waals surface area contributed by atoms with Crippen LogP contribution >= 0.6 is 23.4 Å². The summed E-state index contributed by atoms with van der Waals surface area (Å²) in [5, 5.41) is 5.89. The van der Waals surface area contributed by atoms with Gasteiger partial charge in [-0.15, -0.1) is 11.8 Å². The van der Waals surface area contributed by atoms with Crippen molar-refractivity contribution in [3.63, 3.8) is 0 Å². The Kier molecular flexibility index (Phi) is 7.05. The molecule has 2 atom stereocenters. The Labute approximate surface area is 179 Å². The minimum atomic E-state index is -0.470. The largest absolute Gasteiger partial charge is 0.497 e. The number of hydrogen-bond acceptors (Lipinski definition) is 5. The number of likely N-dealkylation sites (N-methyl/N-ethyl adjacent to an activating group) is 1. The number of nitrogens with zero attached hydrogens (tertiary/aromatic N) is 1. The lowest BCUT2D eigenvalue weighted by Gasteiger charge is -2.26. The van der Waals surface area contributed by atoms with Gasteiger partial charge >= 0.3 is 0 Å². The Morgan fingerprint density at radius 2 is 2.00 bits per heavy atom. The first kappa shape index (κ1) is 21.5. The van der Waals surface area contributed by atoms with Crippen LogP contribution in [0.5, 0.6) is 5.75 Å². The monoisotopic (exact) mass is 433 g/mol. The molecule has 1 aliphatic rings. The summed E-state index contributed by atoms with van der Waals surface area (Å²) in [4.78, 5) is 27.8. The molecule has 2 aromatic rings. The number of carbonyl (C=O) groups is 2. The first-order valence-corrected chi connectivity index (χ1v) is 10.5. The van der Waals surface area contributed by atoms with Gasteiger partial charge in [0.25, 0.3) is 0 Å². The molecule has 1 aliphatic heterocycles. The van der Waals surface area contributed by atoms with E-state index in [4.69, 9.17) is 16.3 Å². The Hall–Kier alpha value is -2.22. The molecule has 29 heavy (non-hydrogen) atoms. The van der Waals surface area contributed by atoms with Gasteiger partial charge in [-0.2, -0.15) is 0 Å². The van der Waals surface area contributed by atoms with Gasteiger partial charge in [-0.25, -0.2) is 0 Å². The van der Waals surface area contributed by atoms with E-state index in [1.165, 1.54) is 11.8 Å². The molecule has 0 saturated carbocycles. The number of thioether (sulfide) groups is 1. The number of methoxy groups -OCH3 is 1. The number of ether oxygens (including phenoxy) is 1. The van der Waals surface area contributed by atoms with Gasteiger partial charge in [0, 0.05) is 22.9 Å². The van der Waals surface area contributed by atoms with Crippen LogP contribution in [0.15, 0.2) is 47.4 Å². The van der Waals surface area contributed by atoms with E-state index < -0.39 is 5.25 Å². The number of carbonyl (C=O) groups excluding carboxylic acids is 2. The smallest absolute Gasteiger partial charge is 0.238 e. The number of benzene rings is 2. The summed E-state index contributed by atoms with van der Waals surface area (Å²) < 4.78 is 5.20.